The van der Waals surface area contributed by atoms with E-state index in [-0.39, 0.29) is 24.5 Å². The molecule has 0 bridgehead atoms. The number of ether oxygens (including phenoxy) is 1. The van der Waals surface area contributed by atoms with Gasteiger partial charge in [-0.15, -0.1) is 0 Å². The minimum atomic E-state index is -0.0906. The molecule has 0 aliphatic rings. The highest BCUT2D eigenvalue weighted by Crippen LogP contribution is 2.14. The number of amides is 1. The summed E-state index contributed by atoms with van der Waals surface area (Å²) >= 11 is 0. The summed E-state index contributed by atoms with van der Waals surface area (Å²) < 4.78 is 5.12. The molecule has 0 aliphatic carbocycles. The first kappa shape index (κ1) is 18.7. The van der Waals surface area contributed by atoms with E-state index in [0.29, 0.717) is 12.1 Å². The Balaban J connectivity index is 1.74. The van der Waals surface area contributed by atoms with Gasteiger partial charge in [-0.05, 0) is 49.6 Å². The lowest BCUT2D eigenvalue weighted by molar-refractivity contribution is -0.121. The molecule has 4 nitrogen and oxygen atoms in total. The third kappa shape index (κ3) is 5.75. The molecule has 2 rings (SSSR count). The normalized spacial score (nSPS) is 10.4. The first-order valence-corrected chi connectivity index (χ1v) is 8.49. The molecule has 2 aromatic rings. The second-order valence-corrected chi connectivity index (χ2v) is 6.19. The van der Waals surface area contributed by atoms with Crippen LogP contribution in [0.15, 0.2) is 42.5 Å². The van der Waals surface area contributed by atoms with Crippen molar-refractivity contribution in [1.82, 2.24) is 5.32 Å². The molecule has 4 heteroatoms. The Labute approximate surface area is 149 Å². The third-order valence-corrected chi connectivity index (χ3v) is 4.17. The van der Waals surface area contributed by atoms with Crippen molar-refractivity contribution in [2.45, 2.75) is 33.1 Å². The second kappa shape index (κ2) is 9.02. The Morgan fingerprint density at radius 3 is 2.40 bits per heavy atom. The van der Waals surface area contributed by atoms with Crippen LogP contribution in [0.25, 0.3) is 0 Å². The number of rotatable bonds is 8. The van der Waals surface area contributed by atoms with Crippen molar-refractivity contribution in [2.24, 2.45) is 0 Å². The fourth-order valence-corrected chi connectivity index (χ4v) is 2.62. The molecule has 1 N–H and O–H groups in total. The first-order chi connectivity index (χ1) is 12.0. The average Bonchev–Trinajstić information content (AvgIpc) is 2.62. The first-order valence-electron chi connectivity index (χ1n) is 8.49. The van der Waals surface area contributed by atoms with Crippen LogP contribution in [0.4, 0.5) is 0 Å². The Bertz CT molecular complexity index is 735. The Morgan fingerprint density at radius 1 is 1.00 bits per heavy atom. The minimum Gasteiger partial charge on any atom is -0.497 e. The molecule has 0 fully saturated rings. The number of aryl methyl sites for hydroxylation is 2. The number of hydrogen-bond acceptors (Lipinski definition) is 3. The molecule has 0 unspecified atom stereocenters. The van der Waals surface area contributed by atoms with Gasteiger partial charge in [0, 0.05) is 24.9 Å². The van der Waals surface area contributed by atoms with E-state index in [0.717, 1.165) is 28.9 Å². The van der Waals surface area contributed by atoms with E-state index < -0.39 is 0 Å². The quantitative estimate of drug-likeness (QED) is 0.747. The highest BCUT2D eigenvalue weighted by atomic mass is 16.5. The molecule has 0 atom stereocenters. The summed E-state index contributed by atoms with van der Waals surface area (Å²) in [4.78, 5) is 24.2. The number of carbonyl (C=O) groups excluding carboxylic acids is 2. The molecule has 0 aliphatic heterocycles. The Hall–Kier alpha value is -2.62. The fourth-order valence-electron chi connectivity index (χ4n) is 2.62. The van der Waals surface area contributed by atoms with Crippen LogP contribution in [0.5, 0.6) is 5.75 Å². The van der Waals surface area contributed by atoms with Gasteiger partial charge in [0.2, 0.25) is 5.91 Å². The van der Waals surface area contributed by atoms with Gasteiger partial charge in [-0.1, -0.05) is 29.8 Å². The summed E-state index contributed by atoms with van der Waals surface area (Å²) in [6, 6.07) is 13.6. The maximum Gasteiger partial charge on any atom is 0.220 e. The molecule has 25 heavy (non-hydrogen) atoms. The van der Waals surface area contributed by atoms with Crippen LogP contribution in [0.2, 0.25) is 0 Å². The van der Waals surface area contributed by atoms with E-state index in [4.69, 9.17) is 4.74 Å². The van der Waals surface area contributed by atoms with Gasteiger partial charge in [0.1, 0.15) is 5.75 Å². The van der Waals surface area contributed by atoms with Crippen LogP contribution in [-0.2, 0) is 11.2 Å². The van der Waals surface area contributed by atoms with E-state index in [9.17, 15) is 9.59 Å². The molecule has 2 aromatic carbocycles. The number of carbonyl (C=O) groups is 2. The largest absolute Gasteiger partial charge is 0.497 e. The topological polar surface area (TPSA) is 55.4 Å². The molecule has 0 aromatic heterocycles. The van der Waals surface area contributed by atoms with Crippen molar-refractivity contribution < 1.29 is 14.3 Å². The molecular formula is C21H25NO3. The van der Waals surface area contributed by atoms with Crippen LogP contribution in [0.3, 0.4) is 0 Å². The zero-order chi connectivity index (χ0) is 18.2. The number of ketones is 1. The van der Waals surface area contributed by atoms with Crippen molar-refractivity contribution >= 4 is 11.7 Å². The summed E-state index contributed by atoms with van der Waals surface area (Å²) in [6.45, 7) is 4.44. The smallest absolute Gasteiger partial charge is 0.220 e. The molecule has 0 saturated heterocycles. The summed E-state index contributed by atoms with van der Waals surface area (Å²) in [5.41, 5.74) is 3.85. The lowest BCUT2D eigenvalue weighted by Gasteiger charge is -2.08. The summed E-state index contributed by atoms with van der Waals surface area (Å²) in [6.07, 6.45) is 1.20. The zero-order valence-electron chi connectivity index (χ0n) is 15.1. The molecule has 0 radical (unpaired) electrons. The van der Waals surface area contributed by atoms with Crippen molar-refractivity contribution in [2.75, 3.05) is 13.7 Å². The maximum atomic E-state index is 12.3. The lowest BCUT2D eigenvalue weighted by atomic mass is 9.99. The standard InChI is InChI=1S/C21H25NO3/c1-15-4-5-16(2)19(14-15)20(23)10-11-21(24)22-13-12-17-6-8-18(25-3)9-7-17/h4-9,14H,10-13H2,1-3H3,(H,22,24). The van der Waals surface area contributed by atoms with Crippen LogP contribution >= 0.6 is 0 Å². The molecule has 0 spiro atoms. The van der Waals surface area contributed by atoms with Crippen molar-refractivity contribution in [3.8, 4) is 5.75 Å². The van der Waals surface area contributed by atoms with E-state index in [1.54, 1.807) is 7.11 Å². The van der Waals surface area contributed by atoms with Crippen LogP contribution in [0, 0.1) is 13.8 Å². The third-order valence-electron chi connectivity index (χ3n) is 4.17. The predicted octanol–water partition coefficient (Wildman–Crippen LogP) is 3.63. The van der Waals surface area contributed by atoms with E-state index in [1.807, 2.05) is 56.3 Å². The minimum absolute atomic E-state index is 0.0199. The fraction of sp³-hybridized carbons (Fsp3) is 0.333. The highest BCUT2D eigenvalue weighted by Gasteiger charge is 2.11. The number of benzene rings is 2. The predicted molar refractivity (Wildman–Crippen MR) is 99.2 cm³/mol. The van der Waals surface area contributed by atoms with Gasteiger partial charge in [0.05, 0.1) is 7.11 Å². The molecule has 0 saturated carbocycles. The zero-order valence-corrected chi connectivity index (χ0v) is 15.1. The van der Waals surface area contributed by atoms with E-state index in [2.05, 4.69) is 5.32 Å². The van der Waals surface area contributed by atoms with Gasteiger partial charge in [-0.2, -0.15) is 0 Å². The van der Waals surface area contributed by atoms with Gasteiger partial charge in [-0.3, -0.25) is 9.59 Å². The van der Waals surface area contributed by atoms with Crippen molar-refractivity contribution in [3.63, 3.8) is 0 Å². The van der Waals surface area contributed by atoms with Gasteiger partial charge < -0.3 is 10.1 Å². The maximum absolute atomic E-state index is 12.3. The molecule has 1 amide bonds. The van der Waals surface area contributed by atoms with E-state index >= 15 is 0 Å². The monoisotopic (exact) mass is 339 g/mol. The Morgan fingerprint density at radius 2 is 1.72 bits per heavy atom. The SMILES string of the molecule is COc1ccc(CCNC(=O)CCC(=O)c2cc(C)ccc2C)cc1. The van der Waals surface area contributed by atoms with Gasteiger partial charge in [-0.25, -0.2) is 0 Å². The highest BCUT2D eigenvalue weighted by molar-refractivity contribution is 5.99. The lowest BCUT2D eigenvalue weighted by Crippen LogP contribution is -2.26. The van der Waals surface area contributed by atoms with Gasteiger partial charge in [0.15, 0.2) is 5.78 Å². The van der Waals surface area contributed by atoms with Gasteiger partial charge >= 0.3 is 0 Å². The van der Waals surface area contributed by atoms with Crippen molar-refractivity contribution in [1.29, 1.82) is 0 Å². The summed E-state index contributed by atoms with van der Waals surface area (Å²) in [5.74, 6) is 0.747. The summed E-state index contributed by atoms with van der Waals surface area (Å²) in [5, 5.41) is 2.87. The van der Waals surface area contributed by atoms with Gasteiger partial charge in [0.25, 0.3) is 0 Å². The van der Waals surface area contributed by atoms with Crippen LogP contribution in [-0.4, -0.2) is 25.3 Å². The average molecular weight is 339 g/mol. The molecule has 132 valence electrons. The molecular weight excluding hydrogens is 314 g/mol. The number of Topliss-reactive ketones (excluding diaryl/α,β-unsaturated/α-hetero) is 1. The van der Waals surface area contributed by atoms with Crippen LogP contribution in [0.1, 0.15) is 39.9 Å². The van der Waals surface area contributed by atoms with Crippen molar-refractivity contribution in [3.05, 3.63) is 64.7 Å². The number of nitrogens with one attached hydrogen (secondary N) is 1. The second-order valence-electron chi connectivity index (χ2n) is 6.19. The summed E-state index contributed by atoms with van der Waals surface area (Å²) in [7, 11) is 1.63. The number of hydrogen-bond donors (Lipinski definition) is 1. The Kier molecular flexibility index (Phi) is 6.75. The van der Waals surface area contributed by atoms with Crippen LogP contribution < -0.4 is 10.1 Å². The molecule has 0 heterocycles. The van der Waals surface area contributed by atoms with E-state index in [1.165, 1.54) is 0 Å². The number of methoxy groups -OCH3 is 1.